The number of hydrogen-bond acceptors (Lipinski definition) is 3. The number of amides is 1. The number of carbonyl (C=O) groups is 1. The first-order valence-electron chi connectivity index (χ1n) is 3.20. The van der Waals surface area contributed by atoms with Crippen LogP contribution in [0.3, 0.4) is 0 Å². The molecule has 0 saturated heterocycles. The predicted molar refractivity (Wildman–Crippen MR) is 36.4 cm³/mol. The minimum atomic E-state index is -0.631. The first-order chi connectivity index (χ1) is 4.66. The monoisotopic (exact) mass is 147 g/mol. The first kappa shape index (κ1) is 9.39. The second-order valence-electron chi connectivity index (χ2n) is 2.10. The van der Waals surface area contributed by atoms with Crippen molar-refractivity contribution in [2.75, 3.05) is 13.2 Å². The van der Waals surface area contributed by atoms with Gasteiger partial charge in [-0.15, -0.1) is 0 Å². The Morgan fingerprint density at radius 2 is 2.30 bits per heavy atom. The van der Waals surface area contributed by atoms with Gasteiger partial charge in [-0.05, 0) is 6.42 Å². The van der Waals surface area contributed by atoms with Gasteiger partial charge in [0.25, 0.3) is 0 Å². The molecule has 0 aromatic carbocycles. The maximum Gasteiger partial charge on any atom is 0.216 e. The van der Waals surface area contributed by atoms with Gasteiger partial charge < -0.3 is 15.5 Å². The molecule has 0 bridgehead atoms. The summed E-state index contributed by atoms with van der Waals surface area (Å²) in [7, 11) is 0. The Morgan fingerprint density at radius 1 is 1.70 bits per heavy atom. The Balaban J connectivity index is 3.21. The van der Waals surface area contributed by atoms with E-state index in [9.17, 15) is 4.79 Å². The van der Waals surface area contributed by atoms with Crippen molar-refractivity contribution in [3.05, 3.63) is 0 Å². The zero-order valence-corrected chi connectivity index (χ0v) is 6.00. The Hall–Kier alpha value is -0.610. The molecule has 4 nitrogen and oxygen atoms in total. The molecule has 0 aromatic rings. The lowest BCUT2D eigenvalue weighted by molar-refractivity contribution is -0.119. The highest BCUT2D eigenvalue weighted by Crippen LogP contribution is 1.86. The topological polar surface area (TPSA) is 69.6 Å². The molecule has 0 spiro atoms. The summed E-state index contributed by atoms with van der Waals surface area (Å²) in [5.74, 6) is -0.169. The molecule has 0 radical (unpaired) electrons. The van der Waals surface area contributed by atoms with Crippen molar-refractivity contribution in [1.82, 2.24) is 5.32 Å². The molecule has 0 aliphatic carbocycles. The van der Waals surface area contributed by atoms with Gasteiger partial charge in [-0.3, -0.25) is 4.79 Å². The first-order valence-corrected chi connectivity index (χ1v) is 3.20. The molecule has 3 N–H and O–H groups in total. The highest BCUT2D eigenvalue weighted by molar-refractivity contribution is 5.72. The van der Waals surface area contributed by atoms with Crippen molar-refractivity contribution in [3.8, 4) is 0 Å². The normalized spacial score (nSPS) is 12.7. The van der Waals surface area contributed by atoms with Crippen molar-refractivity contribution in [2.45, 2.75) is 19.4 Å². The van der Waals surface area contributed by atoms with Crippen LogP contribution < -0.4 is 5.32 Å². The summed E-state index contributed by atoms with van der Waals surface area (Å²) in [6.45, 7) is 1.54. The third-order valence-corrected chi connectivity index (χ3v) is 1.05. The van der Waals surface area contributed by atoms with E-state index < -0.39 is 6.10 Å². The molecule has 1 amide bonds. The van der Waals surface area contributed by atoms with Gasteiger partial charge in [-0.1, -0.05) is 0 Å². The number of rotatable bonds is 4. The minimum Gasteiger partial charge on any atom is -0.396 e. The van der Waals surface area contributed by atoms with Crippen molar-refractivity contribution in [1.29, 1.82) is 0 Å². The zero-order valence-electron chi connectivity index (χ0n) is 6.00. The summed E-state index contributed by atoms with van der Waals surface area (Å²) in [6.07, 6.45) is -0.325. The van der Waals surface area contributed by atoms with Gasteiger partial charge in [-0.25, -0.2) is 0 Å². The molecular weight excluding hydrogens is 134 g/mol. The maximum absolute atomic E-state index is 10.3. The summed E-state index contributed by atoms with van der Waals surface area (Å²) in [5.41, 5.74) is 0. The molecule has 1 unspecified atom stereocenters. The molecule has 0 fully saturated rings. The molecule has 0 rings (SSSR count). The molecule has 0 aromatic heterocycles. The number of aliphatic hydroxyl groups is 2. The molecule has 0 heterocycles. The van der Waals surface area contributed by atoms with Crippen LogP contribution in [-0.4, -0.2) is 35.4 Å². The summed E-state index contributed by atoms with van der Waals surface area (Å²) in [4.78, 5) is 10.3. The lowest BCUT2D eigenvalue weighted by Crippen LogP contribution is -2.30. The number of nitrogens with one attached hydrogen (secondary N) is 1. The Bertz CT molecular complexity index is 105. The molecule has 0 saturated carbocycles. The average Bonchev–Trinajstić information content (AvgIpc) is 1.85. The van der Waals surface area contributed by atoms with Gasteiger partial charge in [0.1, 0.15) is 0 Å². The quantitative estimate of drug-likeness (QED) is 0.471. The smallest absolute Gasteiger partial charge is 0.216 e. The van der Waals surface area contributed by atoms with Gasteiger partial charge in [-0.2, -0.15) is 0 Å². The van der Waals surface area contributed by atoms with E-state index in [4.69, 9.17) is 10.2 Å². The van der Waals surface area contributed by atoms with Gasteiger partial charge >= 0.3 is 0 Å². The lowest BCUT2D eigenvalue weighted by Gasteiger charge is -2.07. The Kier molecular flexibility index (Phi) is 4.88. The largest absolute Gasteiger partial charge is 0.396 e. The molecule has 60 valence electrons. The van der Waals surface area contributed by atoms with Crippen LogP contribution in [0.4, 0.5) is 0 Å². The Morgan fingerprint density at radius 3 is 2.70 bits per heavy atom. The van der Waals surface area contributed by atoms with Crippen LogP contribution in [0, 0.1) is 0 Å². The third-order valence-electron chi connectivity index (χ3n) is 1.05. The minimum absolute atomic E-state index is 0.0548. The fourth-order valence-corrected chi connectivity index (χ4v) is 0.513. The van der Waals surface area contributed by atoms with Crippen LogP contribution in [0.25, 0.3) is 0 Å². The van der Waals surface area contributed by atoms with E-state index in [0.29, 0.717) is 6.42 Å². The zero-order chi connectivity index (χ0) is 7.98. The molecule has 0 aliphatic rings. The fraction of sp³-hybridized carbons (Fsp3) is 0.833. The summed E-state index contributed by atoms with van der Waals surface area (Å²) >= 11 is 0. The van der Waals surface area contributed by atoms with Gasteiger partial charge in [0.15, 0.2) is 0 Å². The SMILES string of the molecule is CC(=O)NCC(O)CCO. The third kappa shape index (κ3) is 5.53. The number of aliphatic hydroxyl groups excluding tert-OH is 2. The van der Waals surface area contributed by atoms with Crippen LogP contribution in [0.2, 0.25) is 0 Å². The van der Waals surface area contributed by atoms with Gasteiger partial charge in [0.2, 0.25) is 5.91 Å². The highest BCUT2D eigenvalue weighted by Gasteiger charge is 2.02. The maximum atomic E-state index is 10.3. The van der Waals surface area contributed by atoms with Crippen LogP contribution in [-0.2, 0) is 4.79 Å². The van der Waals surface area contributed by atoms with E-state index in [0.717, 1.165) is 0 Å². The van der Waals surface area contributed by atoms with Crippen molar-refractivity contribution in [2.24, 2.45) is 0 Å². The van der Waals surface area contributed by atoms with E-state index in [1.54, 1.807) is 0 Å². The summed E-state index contributed by atoms with van der Waals surface area (Å²) < 4.78 is 0. The molecular formula is C6H13NO3. The molecule has 0 aliphatic heterocycles. The Labute approximate surface area is 59.9 Å². The number of hydrogen-bond donors (Lipinski definition) is 3. The van der Waals surface area contributed by atoms with Crippen molar-refractivity contribution in [3.63, 3.8) is 0 Å². The highest BCUT2D eigenvalue weighted by atomic mass is 16.3. The van der Waals surface area contributed by atoms with Crippen LogP contribution in [0.15, 0.2) is 0 Å². The standard InChI is InChI=1S/C6H13NO3/c1-5(9)7-4-6(10)2-3-8/h6,8,10H,2-4H2,1H3,(H,7,9). The van der Waals surface area contributed by atoms with Crippen LogP contribution in [0.5, 0.6) is 0 Å². The number of carbonyl (C=O) groups excluding carboxylic acids is 1. The predicted octanol–water partition coefficient (Wildman–Crippen LogP) is -1.13. The summed E-state index contributed by atoms with van der Waals surface area (Å²) in [6, 6.07) is 0. The molecule has 4 heteroatoms. The second-order valence-corrected chi connectivity index (χ2v) is 2.10. The second kappa shape index (κ2) is 5.20. The van der Waals surface area contributed by atoms with Crippen molar-refractivity contribution >= 4 is 5.91 Å². The fourth-order valence-electron chi connectivity index (χ4n) is 0.513. The lowest BCUT2D eigenvalue weighted by atomic mass is 10.2. The average molecular weight is 147 g/mol. The van der Waals surface area contributed by atoms with E-state index in [-0.39, 0.29) is 19.1 Å². The molecule has 10 heavy (non-hydrogen) atoms. The van der Waals surface area contributed by atoms with E-state index >= 15 is 0 Å². The van der Waals surface area contributed by atoms with Gasteiger partial charge in [0, 0.05) is 20.1 Å². The van der Waals surface area contributed by atoms with Crippen LogP contribution >= 0.6 is 0 Å². The van der Waals surface area contributed by atoms with E-state index in [2.05, 4.69) is 5.32 Å². The van der Waals surface area contributed by atoms with Gasteiger partial charge in [0.05, 0.1) is 6.10 Å². The molecule has 1 atom stereocenters. The van der Waals surface area contributed by atoms with E-state index in [1.165, 1.54) is 6.92 Å². The van der Waals surface area contributed by atoms with Crippen molar-refractivity contribution < 1.29 is 15.0 Å². The van der Waals surface area contributed by atoms with Crippen LogP contribution in [0.1, 0.15) is 13.3 Å². The summed E-state index contributed by atoms with van der Waals surface area (Å²) in [5, 5.41) is 19.7. The van der Waals surface area contributed by atoms with E-state index in [1.807, 2.05) is 0 Å².